The monoisotopic (exact) mass is 418 g/mol. The maximum atomic E-state index is 12.6. The lowest BCUT2D eigenvalue weighted by molar-refractivity contribution is 0.0954. The molecule has 1 amide bonds. The second kappa shape index (κ2) is 9.41. The van der Waals surface area contributed by atoms with E-state index < -0.39 is 10.0 Å². The number of nitrogens with one attached hydrogen (secondary N) is 1. The molecule has 0 spiro atoms. The van der Waals surface area contributed by atoms with Gasteiger partial charge in [-0.15, -0.1) is 0 Å². The average Bonchev–Trinajstić information content (AvgIpc) is 2.64. The van der Waals surface area contributed by atoms with Gasteiger partial charge in [-0.3, -0.25) is 4.79 Å². The maximum Gasteiger partial charge on any atom is 0.251 e. The first kappa shape index (κ1) is 22.9. The molecule has 0 saturated heterocycles. The molecule has 2 aromatic carbocycles. The van der Waals surface area contributed by atoms with Gasteiger partial charge in [-0.2, -0.15) is 0 Å². The second-order valence-corrected chi connectivity index (χ2v) is 9.64. The summed E-state index contributed by atoms with van der Waals surface area (Å²) in [5.74, 6) is 0.528. The fourth-order valence-electron chi connectivity index (χ4n) is 2.85. The van der Waals surface area contributed by atoms with Crippen molar-refractivity contribution < 1.29 is 17.9 Å². The number of nitrogens with zero attached hydrogens (tertiary/aromatic N) is 1. The summed E-state index contributed by atoms with van der Waals surface area (Å²) in [6, 6.07) is 10.9. The minimum absolute atomic E-state index is 0.124. The number of carbonyl (C=O) groups is 1. The number of hydrogen-bond donors (Lipinski definition) is 1. The molecule has 7 heteroatoms. The zero-order valence-electron chi connectivity index (χ0n) is 17.9. The predicted molar refractivity (Wildman–Crippen MR) is 115 cm³/mol. The Morgan fingerprint density at radius 1 is 1.10 bits per heavy atom. The zero-order chi connectivity index (χ0) is 21.8. The average molecular weight is 419 g/mol. The molecule has 0 fully saturated rings. The van der Waals surface area contributed by atoms with Gasteiger partial charge in [0.15, 0.2) is 0 Å². The number of hydrogen-bond acceptors (Lipinski definition) is 4. The third-order valence-corrected chi connectivity index (χ3v) is 6.58. The van der Waals surface area contributed by atoms with Gasteiger partial charge in [0, 0.05) is 26.2 Å². The summed E-state index contributed by atoms with van der Waals surface area (Å²) in [6.45, 7) is 7.96. The van der Waals surface area contributed by atoms with E-state index >= 15 is 0 Å². The first-order valence-corrected chi connectivity index (χ1v) is 11.0. The molecule has 0 unspecified atom stereocenters. The van der Waals surface area contributed by atoms with E-state index in [2.05, 4.69) is 5.32 Å². The minimum Gasteiger partial charge on any atom is -0.491 e. The smallest absolute Gasteiger partial charge is 0.251 e. The SMILES string of the molecule is Cc1cc(C(=O)NCCc2ccc(OC(C)C)cc2)cc(S(=O)(=O)N(C)C)c1C. The van der Waals surface area contributed by atoms with Crippen LogP contribution in [-0.4, -0.2) is 45.4 Å². The molecule has 0 radical (unpaired) electrons. The number of aryl methyl sites for hydroxylation is 1. The van der Waals surface area contributed by atoms with Gasteiger partial charge in [0.25, 0.3) is 5.91 Å². The van der Waals surface area contributed by atoms with Crippen LogP contribution in [0.3, 0.4) is 0 Å². The van der Waals surface area contributed by atoms with E-state index in [1.54, 1.807) is 13.0 Å². The number of rotatable bonds is 8. The van der Waals surface area contributed by atoms with Crippen molar-refractivity contribution in [3.05, 3.63) is 58.7 Å². The molecule has 0 saturated carbocycles. The van der Waals surface area contributed by atoms with Crippen molar-refractivity contribution in [2.24, 2.45) is 0 Å². The lowest BCUT2D eigenvalue weighted by atomic mass is 10.1. The van der Waals surface area contributed by atoms with E-state index in [0.29, 0.717) is 24.1 Å². The van der Waals surface area contributed by atoms with E-state index in [0.717, 1.165) is 21.2 Å². The predicted octanol–water partition coefficient (Wildman–Crippen LogP) is 3.31. The van der Waals surface area contributed by atoms with Gasteiger partial charge in [0.1, 0.15) is 5.75 Å². The lowest BCUT2D eigenvalue weighted by Gasteiger charge is -2.16. The van der Waals surface area contributed by atoms with Crippen LogP contribution in [0, 0.1) is 13.8 Å². The molecule has 0 atom stereocenters. The molecular formula is C22H30N2O4S. The van der Waals surface area contributed by atoms with E-state index in [1.807, 2.05) is 45.0 Å². The van der Waals surface area contributed by atoms with Gasteiger partial charge in [0.05, 0.1) is 11.0 Å². The Kier molecular flexibility index (Phi) is 7.43. The van der Waals surface area contributed by atoms with Gasteiger partial charge in [-0.05, 0) is 75.1 Å². The van der Waals surface area contributed by atoms with Crippen LogP contribution in [0.2, 0.25) is 0 Å². The van der Waals surface area contributed by atoms with Gasteiger partial charge < -0.3 is 10.1 Å². The van der Waals surface area contributed by atoms with Crippen molar-refractivity contribution in [2.45, 2.75) is 45.1 Å². The van der Waals surface area contributed by atoms with Crippen molar-refractivity contribution in [3.63, 3.8) is 0 Å². The minimum atomic E-state index is -3.62. The molecule has 0 aromatic heterocycles. The van der Waals surface area contributed by atoms with Crippen molar-refractivity contribution >= 4 is 15.9 Å². The quantitative estimate of drug-likeness (QED) is 0.714. The molecule has 6 nitrogen and oxygen atoms in total. The normalized spacial score (nSPS) is 11.7. The summed E-state index contributed by atoms with van der Waals surface area (Å²) in [5, 5.41) is 2.87. The van der Waals surface area contributed by atoms with E-state index in [4.69, 9.17) is 4.74 Å². The Hall–Kier alpha value is -2.38. The Balaban J connectivity index is 2.07. The fraction of sp³-hybridized carbons (Fsp3) is 0.409. The first-order chi connectivity index (χ1) is 13.5. The summed E-state index contributed by atoms with van der Waals surface area (Å²) >= 11 is 0. The summed E-state index contributed by atoms with van der Waals surface area (Å²) in [5.41, 5.74) is 2.84. The molecule has 2 rings (SSSR count). The second-order valence-electron chi connectivity index (χ2n) is 7.52. The molecule has 29 heavy (non-hydrogen) atoms. The van der Waals surface area contributed by atoms with Gasteiger partial charge in [-0.25, -0.2) is 12.7 Å². The highest BCUT2D eigenvalue weighted by molar-refractivity contribution is 7.89. The van der Waals surface area contributed by atoms with Crippen LogP contribution in [0.5, 0.6) is 5.75 Å². The third kappa shape index (κ3) is 5.81. The molecule has 0 heterocycles. The van der Waals surface area contributed by atoms with Crippen LogP contribution < -0.4 is 10.1 Å². The highest BCUT2D eigenvalue weighted by atomic mass is 32.2. The fourth-order valence-corrected chi connectivity index (χ4v) is 4.07. The molecule has 2 aromatic rings. The number of ether oxygens (including phenoxy) is 1. The maximum absolute atomic E-state index is 12.6. The molecule has 0 aliphatic heterocycles. The molecule has 0 bridgehead atoms. The standard InChI is InChI=1S/C22H30N2O4S/c1-15(2)28-20-9-7-18(8-10-20)11-12-23-22(25)19-13-16(3)17(4)21(14-19)29(26,27)24(5)6/h7-10,13-15H,11-12H2,1-6H3,(H,23,25). The molecule has 0 aliphatic carbocycles. The van der Waals surface area contributed by atoms with Gasteiger partial charge in [-0.1, -0.05) is 12.1 Å². The van der Waals surface area contributed by atoms with Crippen molar-refractivity contribution in [1.29, 1.82) is 0 Å². The summed E-state index contributed by atoms with van der Waals surface area (Å²) < 4.78 is 31.9. The Labute approximate surface area is 173 Å². The van der Waals surface area contributed by atoms with Crippen LogP contribution in [0.25, 0.3) is 0 Å². The Morgan fingerprint density at radius 2 is 1.72 bits per heavy atom. The molecule has 158 valence electrons. The van der Waals surface area contributed by atoms with Crippen LogP contribution in [0.15, 0.2) is 41.3 Å². The van der Waals surface area contributed by atoms with Crippen LogP contribution in [0.4, 0.5) is 0 Å². The Bertz CT molecular complexity index is 965. The third-order valence-electron chi connectivity index (χ3n) is 4.63. The van der Waals surface area contributed by atoms with Gasteiger partial charge in [0.2, 0.25) is 10.0 Å². The molecule has 1 N–H and O–H groups in total. The van der Waals surface area contributed by atoms with E-state index in [-0.39, 0.29) is 16.9 Å². The number of carbonyl (C=O) groups excluding carboxylic acids is 1. The summed E-state index contributed by atoms with van der Waals surface area (Å²) in [4.78, 5) is 12.7. The van der Waals surface area contributed by atoms with Crippen molar-refractivity contribution in [3.8, 4) is 5.75 Å². The van der Waals surface area contributed by atoms with E-state index in [9.17, 15) is 13.2 Å². The topological polar surface area (TPSA) is 75.7 Å². The van der Waals surface area contributed by atoms with Crippen molar-refractivity contribution in [2.75, 3.05) is 20.6 Å². The Morgan fingerprint density at radius 3 is 2.28 bits per heavy atom. The van der Waals surface area contributed by atoms with Crippen LogP contribution in [0.1, 0.15) is 40.9 Å². The number of sulfonamides is 1. The largest absolute Gasteiger partial charge is 0.491 e. The first-order valence-electron chi connectivity index (χ1n) is 9.60. The van der Waals surface area contributed by atoms with E-state index in [1.165, 1.54) is 20.2 Å². The van der Waals surface area contributed by atoms with Crippen LogP contribution in [-0.2, 0) is 16.4 Å². The highest BCUT2D eigenvalue weighted by Crippen LogP contribution is 2.23. The number of amides is 1. The van der Waals surface area contributed by atoms with Crippen molar-refractivity contribution in [1.82, 2.24) is 9.62 Å². The zero-order valence-corrected chi connectivity index (χ0v) is 18.8. The molecule has 0 aliphatic rings. The highest BCUT2D eigenvalue weighted by Gasteiger charge is 2.22. The number of benzene rings is 2. The summed E-state index contributed by atoms with van der Waals surface area (Å²) in [6.07, 6.45) is 0.792. The molecular weight excluding hydrogens is 388 g/mol. The van der Waals surface area contributed by atoms with Gasteiger partial charge >= 0.3 is 0 Å². The summed E-state index contributed by atoms with van der Waals surface area (Å²) in [7, 11) is -0.660. The lowest BCUT2D eigenvalue weighted by Crippen LogP contribution is -2.27. The van der Waals surface area contributed by atoms with Crippen LogP contribution >= 0.6 is 0 Å².